The standard InChI is InChI=1S/C27H30N6O2/c1-2-17-11-21(34)4-6-22(17)18-3-5-23-24(12-18)31-32-26(23)27-29-13-25(30-27)19-7-9-33(14-19)15-20-16-35-10-8-28-20/h3-7,11-13,20,28,34H,2,8-10,14-16H2,1H3,(H,29,30)(H,31,32)/t20-/m1/s1. The molecule has 4 N–H and O–H groups in total. The average Bonchev–Trinajstić information content (AvgIpc) is 3.63. The fourth-order valence-electron chi connectivity index (χ4n) is 5.12. The first kappa shape index (κ1) is 22.0. The van der Waals surface area contributed by atoms with Crippen molar-refractivity contribution >= 4 is 16.5 Å². The van der Waals surface area contributed by atoms with Crippen LogP contribution in [0.4, 0.5) is 0 Å². The molecule has 1 atom stereocenters. The van der Waals surface area contributed by atoms with Gasteiger partial charge in [-0.05, 0) is 52.9 Å². The van der Waals surface area contributed by atoms with Gasteiger partial charge in [-0.2, -0.15) is 5.10 Å². The van der Waals surface area contributed by atoms with Crippen LogP contribution in [0.3, 0.4) is 0 Å². The molecule has 8 nitrogen and oxygen atoms in total. The number of aromatic nitrogens is 4. The van der Waals surface area contributed by atoms with E-state index in [0.717, 1.165) is 90.6 Å². The van der Waals surface area contributed by atoms with E-state index in [1.807, 2.05) is 18.3 Å². The number of nitrogens with zero attached hydrogens (tertiary/aromatic N) is 3. The lowest BCUT2D eigenvalue weighted by Crippen LogP contribution is -2.48. The number of imidazole rings is 1. The molecule has 4 aromatic rings. The van der Waals surface area contributed by atoms with Crippen molar-refractivity contribution in [3.8, 4) is 28.4 Å². The van der Waals surface area contributed by atoms with E-state index in [0.29, 0.717) is 11.8 Å². The zero-order chi connectivity index (χ0) is 23.8. The van der Waals surface area contributed by atoms with Crippen molar-refractivity contribution in [3.05, 3.63) is 59.9 Å². The van der Waals surface area contributed by atoms with Crippen LogP contribution in [-0.4, -0.2) is 75.6 Å². The number of fused-ring (bicyclic) bond motifs is 1. The number of hydrogen-bond acceptors (Lipinski definition) is 6. The van der Waals surface area contributed by atoms with Crippen molar-refractivity contribution in [2.45, 2.75) is 19.4 Å². The zero-order valence-corrected chi connectivity index (χ0v) is 19.8. The number of ether oxygens (including phenoxy) is 1. The molecule has 180 valence electrons. The number of nitrogens with one attached hydrogen (secondary N) is 3. The summed E-state index contributed by atoms with van der Waals surface area (Å²) in [5.41, 5.74) is 7.42. The van der Waals surface area contributed by atoms with Gasteiger partial charge in [-0.1, -0.05) is 25.1 Å². The van der Waals surface area contributed by atoms with Crippen LogP contribution in [0.2, 0.25) is 0 Å². The SMILES string of the molecule is CCc1cc(O)ccc1-c1ccc2c(-c3ncc(C4=CCN(C[C@@H]5COCCN5)C4)[nH]3)n[nH]c2c1. The van der Waals surface area contributed by atoms with Crippen molar-refractivity contribution < 1.29 is 9.84 Å². The summed E-state index contributed by atoms with van der Waals surface area (Å²) >= 11 is 0. The Balaban J connectivity index is 1.20. The molecule has 2 aliphatic rings. The molecule has 1 fully saturated rings. The molecule has 1 saturated heterocycles. The minimum absolute atomic E-state index is 0.296. The number of rotatable bonds is 6. The van der Waals surface area contributed by atoms with Crippen LogP contribution in [0.5, 0.6) is 5.75 Å². The second-order valence-electron chi connectivity index (χ2n) is 9.32. The maximum absolute atomic E-state index is 9.84. The maximum Gasteiger partial charge on any atom is 0.159 e. The molecule has 0 amide bonds. The van der Waals surface area contributed by atoms with E-state index in [4.69, 9.17) is 4.74 Å². The van der Waals surface area contributed by atoms with E-state index < -0.39 is 0 Å². The van der Waals surface area contributed by atoms with Crippen molar-refractivity contribution in [2.24, 2.45) is 0 Å². The van der Waals surface area contributed by atoms with E-state index >= 15 is 0 Å². The molecule has 0 bridgehead atoms. The largest absolute Gasteiger partial charge is 0.508 e. The van der Waals surface area contributed by atoms with Crippen molar-refractivity contribution in [1.29, 1.82) is 0 Å². The number of benzene rings is 2. The molecule has 4 heterocycles. The fourth-order valence-corrected chi connectivity index (χ4v) is 5.12. The number of aromatic hydroxyl groups is 1. The predicted molar refractivity (Wildman–Crippen MR) is 137 cm³/mol. The van der Waals surface area contributed by atoms with Crippen molar-refractivity contribution in [1.82, 2.24) is 30.4 Å². The predicted octanol–water partition coefficient (Wildman–Crippen LogP) is 3.58. The lowest BCUT2D eigenvalue weighted by Gasteiger charge is -2.28. The van der Waals surface area contributed by atoms with Crippen LogP contribution < -0.4 is 5.32 Å². The van der Waals surface area contributed by atoms with Crippen molar-refractivity contribution in [3.63, 3.8) is 0 Å². The molecule has 0 radical (unpaired) electrons. The quantitative estimate of drug-likeness (QED) is 0.344. The lowest BCUT2D eigenvalue weighted by atomic mass is 9.97. The first-order valence-corrected chi connectivity index (χ1v) is 12.3. The summed E-state index contributed by atoms with van der Waals surface area (Å²) in [5, 5.41) is 22.2. The first-order chi connectivity index (χ1) is 17.2. The van der Waals surface area contributed by atoms with Gasteiger partial charge in [0.25, 0.3) is 0 Å². The van der Waals surface area contributed by atoms with Gasteiger partial charge in [0.1, 0.15) is 11.4 Å². The van der Waals surface area contributed by atoms with Gasteiger partial charge in [0.05, 0.1) is 30.6 Å². The Morgan fingerprint density at radius 3 is 3.00 bits per heavy atom. The van der Waals surface area contributed by atoms with Crippen LogP contribution in [-0.2, 0) is 11.2 Å². The third kappa shape index (κ3) is 4.36. The molecular formula is C27H30N6O2. The summed E-state index contributed by atoms with van der Waals surface area (Å²) in [5.74, 6) is 1.06. The Hall–Kier alpha value is -3.46. The van der Waals surface area contributed by atoms with Crippen LogP contribution in [0.15, 0.2) is 48.7 Å². The summed E-state index contributed by atoms with van der Waals surface area (Å²) in [6, 6.07) is 12.2. The summed E-state index contributed by atoms with van der Waals surface area (Å²) in [6.07, 6.45) is 5.04. The van der Waals surface area contributed by atoms with Gasteiger partial charge in [-0.15, -0.1) is 0 Å². The van der Waals surface area contributed by atoms with Gasteiger partial charge in [0, 0.05) is 37.6 Å². The fraction of sp³-hybridized carbons (Fsp3) is 0.333. The molecule has 2 aromatic heterocycles. The molecule has 0 unspecified atom stereocenters. The highest BCUT2D eigenvalue weighted by atomic mass is 16.5. The number of aromatic amines is 2. The van der Waals surface area contributed by atoms with E-state index in [9.17, 15) is 5.11 Å². The van der Waals surface area contributed by atoms with Crippen LogP contribution in [0, 0.1) is 0 Å². The Labute approximate surface area is 204 Å². The third-order valence-electron chi connectivity index (χ3n) is 6.96. The highest BCUT2D eigenvalue weighted by Crippen LogP contribution is 2.32. The summed E-state index contributed by atoms with van der Waals surface area (Å²) < 4.78 is 5.59. The number of morpholine rings is 1. The maximum atomic E-state index is 9.84. The first-order valence-electron chi connectivity index (χ1n) is 12.3. The molecule has 0 saturated carbocycles. The van der Waals surface area contributed by atoms with Gasteiger partial charge in [-0.25, -0.2) is 4.98 Å². The Bertz CT molecular complexity index is 1380. The lowest BCUT2D eigenvalue weighted by molar-refractivity contribution is 0.0659. The molecule has 2 aromatic carbocycles. The average molecular weight is 471 g/mol. The number of aryl methyl sites for hydroxylation is 1. The smallest absolute Gasteiger partial charge is 0.159 e. The second kappa shape index (κ2) is 9.30. The van der Waals surface area contributed by atoms with Crippen LogP contribution >= 0.6 is 0 Å². The Kier molecular flexibility index (Phi) is 5.85. The van der Waals surface area contributed by atoms with E-state index in [1.165, 1.54) is 5.57 Å². The highest BCUT2D eigenvalue weighted by molar-refractivity contribution is 5.94. The topological polar surface area (TPSA) is 102 Å². The van der Waals surface area contributed by atoms with Gasteiger partial charge < -0.3 is 20.1 Å². The minimum Gasteiger partial charge on any atom is -0.508 e. The Morgan fingerprint density at radius 2 is 2.14 bits per heavy atom. The van der Waals surface area contributed by atoms with Crippen LogP contribution in [0.25, 0.3) is 39.1 Å². The molecule has 8 heteroatoms. The van der Waals surface area contributed by atoms with Crippen LogP contribution in [0.1, 0.15) is 18.2 Å². The highest BCUT2D eigenvalue weighted by Gasteiger charge is 2.22. The summed E-state index contributed by atoms with van der Waals surface area (Å²) in [6.45, 7) is 7.42. The summed E-state index contributed by atoms with van der Waals surface area (Å²) in [4.78, 5) is 10.6. The van der Waals surface area contributed by atoms with Gasteiger partial charge in [0.2, 0.25) is 0 Å². The van der Waals surface area contributed by atoms with E-state index in [1.54, 1.807) is 6.07 Å². The minimum atomic E-state index is 0.296. The molecule has 2 aliphatic heterocycles. The molecule has 35 heavy (non-hydrogen) atoms. The van der Waals surface area contributed by atoms with E-state index in [-0.39, 0.29) is 0 Å². The normalized spacial score (nSPS) is 18.9. The third-order valence-corrected chi connectivity index (χ3v) is 6.96. The van der Waals surface area contributed by atoms with Crippen molar-refractivity contribution in [2.75, 3.05) is 39.4 Å². The zero-order valence-electron chi connectivity index (χ0n) is 19.8. The molecule has 0 spiro atoms. The molecule has 0 aliphatic carbocycles. The second-order valence-corrected chi connectivity index (χ2v) is 9.32. The van der Waals surface area contributed by atoms with E-state index in [2.05, 4.69) is 61.6 Å². The number of hydrogen-bond donors (Lipinski definition) is 4. The molecular weight excluding hydrogens is 440 g/mol. The van der Waals surface area contributed by atoms with Gasteiger partial charge in [0.15, 0.2) is 5.82 Å². The number of H-pyrrole nitrogens is 2. The molecule has 6 rings (SSSR count). The number of phenols is 1. The summed E-state index contributed by atoms with van der Waals surface area (Å²) in [7, 11) is 0. The number of phenolic OH excluding ortho intramolecular Hbond substituents is 1. The van der Waals surface area contributed by atoms with Gasteiger partial charge in [-0.3, -0.25) is 10.00 Å². The van der Waals surface area contributed by atoms with Gasteiger partial charge >= 0.3 is 0 Å². The monoisotopic (exact) mass is 470 g/mol. The Morgan fingerprint density at radius 1 is 1.20 bits per heavy atom.